The zero-order valence-electron chi connectivity index (χ0n) is 21.6. The number of fused-ring (bicyclic) bond motifs is 2. The monoisotopic (exact) mass is 519 g/mol. The van der Waals surface area contributed by atoms with Crippen molar-refractivity contribution in [3.63, 3.8) is 0 Å². The first-order chi connectivity index (χ1) is 19.0. The Morgan fingerprint density at radius 3 is 2.79 bits per heavy atom. The van der Waals surface area contributed by atoms with Crippen molar-refractivity contribution < 1.29 is 9.53 Å². The Kier molecular flexibility index (Phi) is 6.17. The van der Waals surface area contributed by atoms with Gasteiger partial charge in [0.05, 0.1) is 42.3 Å². The van der Waals surface area contributed by atoms with Crippen molar-refractivity contribution in [3.05, 3.63) is 67.1 Å². The van der Waals surface area contributed by atoms with E-state index in [9.17, 15) is 4.79 Å². The van der Waals surface area contributed by atoms with E-state index >= 15 is 0 Å². The largest absolute Gasteiger partial charge is 0.497 e. The second kappa shape index (κ2) is 9.95. The van der Waals surface area contributed by atoms with Gasteiger partial charge in [-0.15, -0.1) is 0 Å². The molecule has 5 aromatic heterocycles. The molecule has 11 heteroatoms. The van der Waals surface area contributed by atoms with Gasteiger partial charge in [-0.05, 0) is 56.1 Å². The van der Waals surface area contributed by atoms with Crippen LogP contribution in [0.25, 0.3) is 56.1 Å². The molecular formula is C28H25N9O2. The number of amides is 1. The molecule has 194 valence electrons. The lowest BCUT2D eigenvalue weighted by molar-refractivity contribution is -0.116. The van der Waals surface area contributed by atoms with Crippen molar-refractivity contribution >= 4 is 33.8 Å². The lowest BCUT2D eigenvalue weighted by atomic mass is 10.1. The number of pyridine rings is 3. The van der Waals surface area contributed by atoms with Crippen LogP contribution in [0.1, 0.15) is 0 Å². The molecule has 0 saturated carbocycles. The first-order valence-corrected chi connectivity index (χ1v) is 12.2. The molecule has 0 aliphatic rings. The van der Waals surface area contributed by atoms with Gasteiger partial charge >= 0.3 is 0 Å². The number of hydrogen-bond acceptors (Lipinski definition) is 8. The molecule has 1 amide bonds. The summed E-state index contributed by atoms with van der Waals surface area (Å²) in [6, 6.07) is 15.4. The first kappa shape index (κ1) is 24.2. The Morgan fingerprint density at radius 1 is 1.05 bits per heavy atom. The van der Waals surface area contributed by atoms with Crippen LogP contribution in [0.5, 0.6) is 5.75 Å². The van der Waals surface area contributed by atoms with E-state index in [2.05, 4.69) is 30.5 Å². The Bertz CT molecular complexity index is 1820. The average Bonchev–Trinajstić information content (AvgIpc) is 3.56. The van der Waals surface area contributed by atoms with Crippen molar-refractivity contribution in [2.75, 3.05) is 33.1 Å². The minimum atomic E-state index is -0.119. The van der Waals surface area contributed by atoms with Gasteiger partial charge in [-0.1, -0.05) is 12.1 Å². The number of imidazole rings is 1. The van der Waals surface area contributed by atoms with Gasteiger partial charge in [0.15, 0.2) is 17.2 Å². The van der Waals surface area contributed by atoms with E-state index in [1.54, 1.807) is 30.6 Å². The average molecular weight is 520 g/mol. The van der Waals surface area contributed by atoms with Crippen LogP contribution in [0.3, 0.4) is 0 Å². The Balaban J connectivity index is 1.38. The van der Waals surface area contributed by atoms with E-state index in [0.29, 0.717) is 34.1 Å². The van der Waals surface area contributed by atoms with Gasteiger partial charge in [-0.3, -0.25) is 14.9 Å². The molecule has 3 N–H and O–H groups in total. The van der Waals surface area contributed by atoms with Crippen molar-refractivity contribution in [1.29, 1.82) is 0 Å². The highest BCUT2D eigenvalue weighted by atomic mass is 16.5. The Labute approximate surface area is 223 Å². The molecule has 0 aliphatic heterocycles. The molecule has 0 bridgehead atoms. The van der Waals surface area contributed by atoms with Gasteiger partial charge < -0.3 is 19.9 Å². The van der Waals surface area contributed by atoms with Crippen molar-refractivity contribution in [2.45, 2.75) is 0 Å². The van der Waals surface area contributed by atoms with Crippen LogP contribution in [0.4, 0.5) is 5.69 Å². The summed E-state index contributed by atoms with van der Waals surface area (Å²) in [5.74, 6) is 1.20. The number of H-pyrrole nitrogens is 2. The van der Waals surface area contributed by atoms with E-state index in [1.807, 2.05) is 62.6 Å². The quantitative estimate of drug-likeness (QED) is 0.286. The maximum absolute atomic E-state index is 12.2. The van der Waals surface area contributed by atoms with Crippen molar-refractivity contribution in [2.24, 2.45) is 0 Å². The number of hydrogen-bond donors (Lipinski definition) is 3. The third-order valence-electron chi connectivity index (χ3n) is 6.18. The molecule has 0 radical (unpaired) electrons. The second-order valence-electron chi connectivity index (χ2n) is 9.29. The first-order valence-electron chi connectivity index (χ1n) is 12.2. The predicted octanol–water partition coefficient (Wildman–Crippen LogP) is 4.13. The molecule has 0 unspecified atom stereocenters. The number of ether oxygens (including phenoxy) is 1. The number of nitrogens with zero attached hydrogens (tertiary/aromatic N) is 6. The van der Waals surface area contributed by atoms with E-state index in [1.165, 1.54) is 0 Å². The predicted molar refractivity (Wildman–Crippen MR) is 149 cm³/mol. The lowest BCUT2D eigenvalue weighted by Gasteiger charge is -2.10. The second-order valence-corrected chi connectivity index (χ2v) is 9.29. The SMILES string of the molecule is COc1cccc(-c2ccnc3nc(-c4n[nH]c5ccc(-c6cncc(NC(=O)CN(C)C)c6)nc45)[nH]c23)c1. The minimum absolute atomic E-state index is 0.119. The summed E-state index contributed by atoms with van der Waals surface area (Å²) in [6.45, 7) is 0.276. The number of carbonyl (C=O) groups excluding carboxylic acids is 1. The van der Waals surface area contributed by atoms with Crippen LogP contribution in [-0.2, 0) is 4.79 Å². The Morgan fingerprint density at radius 2 is 1.95 bits per heavy atom. The molecule has 6 aromatic rings. The number of methoxy groups -OCH3 is 1. The summed E-state index contributed by atoms with van der Waals surface area (Å²) in [5.41, 5.74) is 7.33. The fourth-order valence-corrected chi connectivity index (χ4v) is 4.42. The maximum Gasteiger partial charge on any atom is 0.238 e. The minimum Gasteiger partial charge on any atom is -0.497 e. The fourth-order valence-electron chi connectivity index (χ4n) is 4.42. The maximum atomic E-state index is 12.2. The summed E-state index contributed by atoms with van der Waals surface area (Å²) in [6.07, 6.45) is 5.05. The molecule has 0 atom stereocenters. The highest BCUT2D eigenvalue weighted by Gasteiger charge is 2.18. The molecule has 5 heterocycles. The third-order valence-corrected chi connectivity index (χ3v) is 6.18. The summed E-state index contributed by atoms with van der Waals surface area (Å²) in [5, 5.41) is 10.4. The van der Waals surface area contributed by atoms with Crippen molar-refractivity contribution in [1.82, 2.24) is 40.0 Å². The number of likely N-dealkylation sites (N-methyl/N-ethyl adjacent to an activating group) is 1. The summed E-state index contributed by atoms with van der Waals surface area (Å²) < 4.78 is 5.40. The van der Waals surface area contributed by atoms with Crippen LogP contribution >= 0.6 is 0 Å². The van der Waals surface area contributed by atoms with Crippen molar-refractivity contribution in [3.8, 4) is 39.7 Å². The molecule has 0 spiro atoms. The van der Waals surface area contributed by atoms with E-state index in [-0.39, 0.29) is 12.5 Å². The Hall–Kier alpha value is -5.16. The van der Waals surface area contributed by atoms with E-state index in [4.69, 9.17) is 14.7 Å². The van der Waals surface area contributed by atoms with E-state index in [0.717, 1.165) is 33.5 Å². The molecule has 0 saturated heterocycles. The molecule has 11 nitrogen and oxygen atoms in total. The van der Waals surface area contributed by atoms with Crippen LogP contribution < -0.4 is 10.1 Å². The van der Waals surface area contributed by atoms with Gasteiger partial charge in [0, 0.05) is 23.5 Å². The number of nitrogens with one attached hydrogen (secondary N) is 3. The standard InChI is InChI=1S/C28H25N9O2/c1-37(2)15-23(38)31-18-11-17(13-29-14-18)21-7-8-22-25(32-21)26(36-35-22)28-33-24-20(9-10-30-27(24)34-28)16-5-4-6-19(12-16)39-3/h4-14H,15H2,1-3H3,(H,31,38)(H,35,36)(H,30,33,34). The highest BCUT2D eigenvalue weighted by Crippen LogP contribution is 2.32. The van der Waals surface area contributed by atoms with Crippen LogP contribution in [0, 0.1) is 0 Å². The summed E-state index contributed by atoms with van der Waals surface area (Å²) >= 11 is 0. The molecule has 0 aliphatic carbocycles. The van der Waals surface area contributed by atoms with Gasteiger partial charge in [0.2, 0.25) is 5.91 Å². The number of aromatic nitrogens is 7. The summed E-state index contributed by atoms with van der Waals surface area (Å²) in [4.78, 5) is 35.8. The lowest BCUT2D eigenvalue weighted by Crippen LogP contribution is -2.27. The number of benzene rings is 1. The zero-order valence-corrected chi connectivity index (χ0v) is 21.6. The van der Waals surface area contributed by atoms with Gasteiger partial charge in [0.25, 0.3) is 0 Å². The fraction of sp³-hybridized carbons (Fsp3) is 0.143. The van der Waals surface area contributed by atoms with E-state index < -0.39 is 0 Å². The molecule has 6 rings (SSSR count). The molecule has 0 fully saturated rings. The highest BCUT2D eigenvalue weighted by molar-refractivity contribution is 5.95. The normalized spacial score (nSPS) is 11.4. The van der Waals surface area contributed by atoms with Gasteiger partial charge in [0.1, 0.15) is 11.3 Å². The summed E-state index contributed by atoms with van der Waals surface area (Å²) in [7, 11) is 5.33. The zero-order chi connectivity index (χ0) is 26.9. The molecule has 39 heavy (non-hydrogen) atoms. The van der Waals surface area contributed by atoms with Gasteiger partial charge in [-0.2, -0.15) is 5.10 Å². The molecular weight excluding hydrogens is 494 g/mol. The number of anilines is 1. The number of rotatable bonds is 7. The smallest absolute Gasteiger partial charge is 0.238 e. The number of carbonyl (C=O) groups is 1. The topological polar surface area (TPSA) is 138 Å². The number of aromatic amines is 2. The van der Waals surface area contributed by atoms with Crippen LogP contribution in [0.2, 0.25) is 0 Å². The third kappa shape index (κ3) is 4.78. The van der Waals surface area contributed by atoms with Gasteiger partial charge in [-0.25, -0.2) is 15.0 Å². The van der Waals surface area contributed by atoms with Crippen LogP contribution in [-0.4, -0.2) is 73.7 Å². The molecule has 1 aromatic carbocycles. The van der Waals surface area contributed by atoms with Crippen LogP contribution in [0.15, 0.2) is 67.1 Å².